The van der Waals surface area contributed by atoms with Crippen molar-refractivity contribution in [3.63, 3.8) is 0 Å². The van der Waals surface area contributed by atoms with Crippen molar-refractivity contribution < 1.29 is 9.53 Å². The third kappa shape index (κ3) is 4.53. The van der Waals surface area contributed by atoms with E-state index in [1.807, 2.05) is 26.0 Å². The number of ketones is 1. The van der Waals surface area contributed by atoms with Crippen molar-refractivity contribution in [2.24, 2.45) is 0 Å². The molecule has 0 saturated carbocycles. The maximum Gasteiger partial charge on any atom is 0.179 e. The van der Waals surface area contributed by atoms with Crippen LogP contribution in [0.25, 0.3) is 0 Å². The normalized spacial score (nSPS) is 11.9. The zero-order valence-corrected chi connectivity index (χ0v) is 13.6. The number of carbonyl (C=O) groups is 1. The molecule has 0 radical (unpaired) electrons. The molecule has 0 aliphatic heterocycles. The van der Waals surface area contributed by atoms with Crippen LogP contribution in [-0.4, -0.2) is 23.4 Å². The Labute approximate surface area is 136 Å². The van der Waals surface area contributed by atoms with Gasteiger partial charge in [-0.15, -0.1) is 0 Å². The van der Waals surface area contributed by atoms with Gasteiger partial charge in [-0.3, -0.25) is 9.78 Å². The van der Waals surface area contributed by atoms with Crippen LogP contribution >= 0.6 is 0 Å². The van der Waals surface area contributed by atoms with Crippen LogP contribution in [0.4, 0.5) is 5.69 Å². The molecule has 1 atom stereocenters. The number of nitrogens with two attached hydrogens (primary N) is 1. The first-order valence-electron chi connectivity index (χ1n) is 7.84. The second kappa shape index (κ2) is 8.29. The Bertz CT molecular complexity index is 644. The lowest BCUT2D eigenvalue weighted by Crippen LogP contribution is -2.35. The summed E-state index contributed by atoms with van der Waals surface area (Å²) in [7, 11) is 0. The Morgan fingerprint density at radius 2 is 2.17 bits per heavy atom. The number of nitrogens with zero attached hydrogens (tertiary/aromatic N) is 1. The molecule has 3 N–H and O–H groups in total. The van der Waals surface area contributed by atoms with Gasteiger partial charge in [0.2, 0.25) is 0 Å². The summed E-state index contributed by atoms with van der Waals surface area (Å²) in [5.41, 5.74) is 8.07. The second-order valence-electron chi connectivity index (χ2n) is 5.25. The van der Waals surface area contributed by atoms with Gasteiger partial charge in [0, 0.05) is 24.5 Å². The summed E-state index contributed by atoms with van der Waals surface area (Å²) in [5.74, 6) is 0.645. The number of ether oxygens (including phenoxy) is 1. The molecule has 2 rings (SSSR count). The Hall–Kier alpha value is -2.40. The van der Waals surface area contributed by atoms with Crippen LogP contribution in [0, 0.1) is 0 Å². The molecule has 1 unspecified atom stereocenters. The molecule has 0 amide bonds. The van der Waals surface area contributed by atoms with Crippen LogP contribution in [0.1, 0.15) is 36.2 Å². The molecule has 0 aliphatic carbocycles. The van der Waals surface area contributed by atoms with Crippen LogP contribution in [0.2, 0.25) is 0 Å². The highest BCUT2D eigenvalue weighted by Gasteiger charge is 2.18. The van der Waals surface area contributed by atoms with Gasteiger partial charge in [-0.2, -0.15) is 0 Å². The standard InChI is InChI=1S/C18H23N3O2/c1-3-16(21-12-13-6-5-9-20-11-13)18(22)14-7-8-17(23-4-2)15(19)10-14/h5-11,16,21H,3-4,12,19H2,1-2H3. The monoisotopic (exact) mass is 313 g/mol. The van der Waals surface area contributed by atoms with Gasteiger partial charge in [-0.25, -0.2) is 0 Å². The highest BCUT2D eigenvalue weighted by molar-refractivity contribution is 6.01. The zero-order valence-electron chi connectivity index (χ0n) is 13.6. The first-order valence-corrected chi connectivity index (χ1v) is 7.84. The number of nitrogen functional groups attached to an aromatic ring is 1. The van der Waals surface area contributed by atoms with Crippen LogP contribution in [0.3, 0.4) is 0 Å². The van der Waals surface area contributed by atoms with E-state index in [-0.39, 0.29) is 11.8 Å². The fourth-order valence-corrected chi connectivity index (χ4v) is 2.36. The Balaban J connectivity index is 2.05. The van der Waals surface area contributed by atoms with E-state index < -0.39 is 0 Å². The maximum absolute atomic E-state index is 12.6. The minimum atomic E-state index is -0.257. The summed E-state index contributed by atoms with van der Waals surface area (Å²) in [6.45, 7) is 5.02. The molecular formula is C18H23N3O2. The van der Waals surface area contributed by atoms with Gasteiger partial charge in [-0.05, 0) is 43.2 Å². The molecule has 0 fully saturated rings. The molecule has 0 saturated heterocycles. The van der Waals surface area contributed by atoms with E-state index in [9.17, 15) is 4.79 Å². The van der Waals surface area contributed by atoms with Crippen LogP contribution in [0.15, 0.2) is 42.7 Å². The first kappa shape index (κ1) is 17.0. The van der Waals surface area contributed by atoms with E-state index in [1.54, 1.807) is 30.6 Å². The third-order valence-electron chi connectivity index (χ3n) is 3.59. The number of pyridine rings is 1. The Kier molecular flexibility index (Phi) is 6.11. The van der Waals surface area contributed by atoms with Crippen LogP contribution in [-0.2, 0) is 6.54 Å². The second-order valence-corrected chi connectivity index (χ2v) is 5.25. The van der Waals surface area contributed by atoms with Gasteiger partial charge in [0.15, 0.2) is 5.78 Å². The van der Waals surface area contributed by atoms with Crippen LogP contribution in [0.5, 0.6) is 5.75 Å². The molecule has 5 heteroatoms. The first-order chi connectivity index (χ1) is 11.2. The summed E-state index contributed by atoms with van der Waals surface area (Å²) in [4.78, 5) is 16.7. The predicted octanol–water partition coefficient (Wildman–Crippen LogP) is 2.81. The highest BCUT2D eigenvalue weighted by Crippen LogP contribution is 2.23. The quantitative estimate of drug-likeness (QED) is 0.579. The van der Waals surface area contributed by atoms with E-state index in [1.165, 1.54) is 0 Å². The Morgan fingerprint density at radius 3 is 2.78 bits per heavy atom. The number of hydrogen-bond acceptors (Lipinski definition) is 5. The van der Waals surface area contributed by atoms with Crippen molar-refractivity contribution in [3.8, 4) is 5.75 Å². The van der Waals surface area contributed by atoms with Crippen molar-refractivity contribution >= 4 is 11.5 Å². The van der Waals surface area contributed by atoms with Gasteiger partial charge in [0.25, 0.3) is 0 Å². The topological polar surface area (TPSA) is 77.2 Å². The van der Waals surface area contributed by atoms with Crippen LogP contribution < -0.4 is 15.8 Å². The van der Waals surface area contributed by atoms with Gasteiger partial charge >= 0.3 is 0 Å². The molecule has 23 heavy (non-hydrogen) atoms. The van der Waals surface area contributed by atoms with E-state index in [0.29, 0.717) is 36.6 Å². The minimum absolute atomic E-state index is 0.0335. The van der Waals surface area contributed by atoms with Crippen molar-refractivity contribution in [2.75, 3.05) is 12.3 Å². The zero-order chi connectivity index (χ0) is 16.7. The summed E-state index contributed by atoms with van der Waals surface area (Å²) >= 11 is 0. The molecule has 2 aromatic rings. The summed E-state index contributed by atoms with van der Waals surface area (Å²) < 4.78 is 5.40. The van der Waals surface area contributed by atoms with Gasteiger partial charge in [0.1, 0.15) is 5.75 Å². The minimum Gasteiger partial charge on any atom is -0.492 e. The van der Waals surface area contributed by atoms with Gasteiger partial charge in [-0.1, -0.05) is 13.0 Å². The molecule has 122 valence electrons. The molecule has 5 nitrogen and oxygen atoms in total. The number of carbonyl (C=O) groups excluding carboxylic acids is 1. The average Bonchev–Trinajstić information content (AvgIpc) is 2.58. The lowest BCUT2D eigenvalue weighted by molar-refractivity contribution is 0.0939. The van der Waals surface area contributed by atoms with E-state index in [0.717, 1.165) is 5.56 Å². The molecule has 1 aromatic heterocycles. The molecule has 0 aliphatic rings. The maximum atomic E-state index is 12.6. The van der Waals surface area contributed by atoms with E-state index in [2.05, 4.69) is 10.3 Å². The molecule has 1 aromatic carbocycles. The number of benzene rings is 1. The number of aromatic nitrogens is 1. The van der Waals surface area contributed by atoms with E-state index >= 15 is 0 Å². The number of anilines is 1. The summed E-state index contributed by atoms with van der Waals surface area (Å²) in [6.07, 6.45) is 4.22. The van der Waals surface area contributed by atoms with E-state index in [4.69, 9.17) is 10.5 Å². The summed E-state index contributed by atoms with van der Waals surface area (Å²) in [5, 5.41) is 3.28. The molecular weight excluding hydrogens is 290 g/mol. The highest BCUT2D eigenvalue weighted by atomic mass is 16.5. The Morgan fingerprint density at radius 1 is 1.35 bits per heavy atom. The van der Waals surface area contributed by atoms with Crippen molar-refractivity contribution in [2.45, 2.75) is 32.9 Å². The van der Waals surface area contributed by atoms with Crippen molar-refractivity contribution in [1.29, 1.82) is 0 Å². The third-order valence-corrected chi connectivity index (χ3v) is 3.59. The number of Topliss-reactive ketones (excluding diaryl/α,β-unsaturated/α-hetero) is 1. The molecule has 1 heterocycles. The lowest BCUT2D eigenvalue weighted by Gasteiger charge is -2.17. The molecule has 0 spiro atoms. The largest absolute Gasteiger partial charge is 0.492 e. The smallest absolute Gasteiger partial charge is 0.179 e. The lowest BCUT2D eigenvalue weighted by atomic mass is 10.0. The van der Waals surface area contributed by atoms with Crippen molar-refractivity contribution in [1.82, 2.24) is 10.3 Å². The predicted molar refractivity (Wildman–Crippen MR) is 91.5 cm³/mol. The fraction of sp³-hybridized carbons (Fsp3) is 0.333. The molecule has 0 bridgehead atoms. The van der Waals surface area contributed by atoms with Gasteiger partial charge < -0.3 is 15.8 Å². The average molecular weight is 313 g/mol. The fourth-order valence-electron chi connectivity index (χ4n) is 2.36. The number of nitrogens with one attached hydrogen (secondary N) is 1. The SMILES string of the molecule is CCOc1ccc(C(=O)C(CC)NCc2cccnc2)cc1N. The van der Waals surface area contributed by atoms with Crippen molar-refractivity contribution in [3.05, 3.63) is 53.9 Å². The number of hydrogen-bond donors (Lipinski definition) is 2. The number of rotatable bonds is 8. The van der Waals surface area contributed by atoms with Gasteiger partial charge in [0.05, 0.1) is 18.3 Å². The summed E-state index contributed by atoms with van der Waals surface area (Å²) in [6, 6.07) is 8.80.